The molecular weight excluding hydrogens is 228 g/mol. The van der Waals surface area contributed by atoms with Crippen LogP contribution in [-0.4, -0.2) is 43.1 Å². The van der Waals surface area contributed by atoms with E-state index in [9.17, 15) is 0 Å². The van der Waals surface area contributed by atoms with Gasteiger partial charge in [0, 0.05) is 18.8 Å². The van der Waals surface area contributed by atoms with Crippen LogP contribution in [0.15, 0.2) is 18.2 Å². The number of aryl methyl sites for hydroxylation is 2. The third-order valence-electron chi connectivity index (χ3n) is 3.01. The molecule has 0 aromatic heterocycles. The van der Waals surface area contributed by atoms with E-state index in [0.717, 1.165) is 18.5 Å². The summed E-state index contributed by atoms with van der Waals surface area (Å²) in [7, 11) is 0. The Labute approximate surface area is 109 Å². The van der Waals surface area contributed by atoms with Crippen LogP contribution in [0.1, 0.15) is 17.5 Å². The van der Waals surface area contributed by atoms with Crippen LogP contribution in [0.2, 0.25) is 0 Å². The minimum Gasteiger partial charge on any atom is -0.395 e. The van der Waals surface area contributed by atoms with Gasteiger partial charge in [0.15, 0.2) is 0 Å². The van der Waals surface area contributed by atoms with Crippen molar-refractivity contribution < 1.29 is 10.2 Å². The van der Waals surface area contributed by atoms with E-state index in [1.165, 1.54) is 11.1 Å². The van der Waals surface area contributed by atoms with Crippen LogP contribution in [0, 0.1) is 6.92 Å². The molecule has 0 saturated heterocycles. The Balaban J connectivity index is 2.81. The minimum atomic E-state index is 0.0916. The Morgan fingerprint density at radius 2 is 1.83 bits per heavy atom. The topological polar surface area (TPSA) is 69.7 Å². The summed E-state index contributed by atoms with van der Waals surface area (Å²) >= 11 is 0. The summed E-state index contributed by atoms with van der Waals surface area (Å²) in [6.45, 7) is 4.04. The molecule has 0 atom stereocenters. The van der Waals surface area contributed by atoms with Gasteiger partial charge in [-0.3, -0.25) is 0 Å². The second-order valence-corrected chi connectivity index (χ2v) is 4.45. The number of aliphatic hydroxyl groups is 2. The van der Waals surface area contributed by atoms with Gasteiger partial charge in [0.1, 0.15) is 0 Å². The van der Waals surface area contributed by atoms with Gasteiger partial charge in [0.05, 0.1) is 13.2 Å². The Morgan fingerprint density at radius 3 is 2.33 bits per heavy atom. The summed E-state index contributed by atoms with van der Waals surface area (Å²) in [6.07, 6.45) is 1.99. The number of rotatable bonds is 8. The quantitative estimate of drug-likeness (QED) is 0.636. The Kier molecular flexibility index (Phi) is 6.72. The molecule has 0 amide bonds. The van der Waals surface area contributed by atoms with Gasteiger partial charge in [-0.05, 0) is 43.5 Å². The fraction of sp³-hybridized carbons (Fsp3) is 0.571. The molecule has 0 aliphatic carbocycles. The molecule has 0 bridgehead atoms. The highest BCUT2D eigenvalue weighted by Gasteiger charge is 2.08. The highest BCUT2D eigenvalue weighted by Crippen LogP contribution is 2.21. The Bertz CT molecular complexity index is 350. The summed E-state index contributed by atoms with van der Waals surface area (Å²) in [5.41, 5.74) is 9.05. The molecule has 0 radical (unpaired) electrons. The van der Waals surface area contributed by atoms with E-state index in [1.54, 1.807) is 0 Å². The van der Waals surface area contributed by atoms with Crippen molar-refractivity contribution in [2.24, 2.45) is 5.73 Å². The molecule has 0 aliphatic heterocycles. The molecule has 4 nitrogen and oxygen atoms in total. The predicted octanol–water partition coefficient (Wildman–Crippen LogP) is 0.677. The van der Waals surface area contributed by atoms with Gasteiger partial charge in [-0.2, -0.15) is 0 Å². The maximum atomic E-state index is 9.05. The van der Waals surface area contributed by atoms with Crippen LogP contribution in [0.5, 0.6) is 0 Å². The molecule has 1 aromatic carbocycles. The van der Waals surface area contributed by atoms with Gasteiger partial charge >= 0.3 is 0 Å². The van der Waals surface area contributed by atoms with Gasteiger partial charge in [0.2, 0.25) is 0 Å². The lowest BCUT2D eigenvalue weighted by atomic mass is 10.0. The van der Waals surface area contributed by atoms with Crippen LogP contribution < -0.4 is 10.6 Å². The fourth-order valence-electron chi connectivity index (χ4n) is 2.13. The molecule has 0 heterocycles. The maximum Gasteiger partial charge on any atom is 0.0606 e. The zero-order valence-electron chi connectivity index (χ0n) is 11.1. The molecule has 18 heavy (non-hydrogen) atoms. The highest BCUT2D eigenvalue weighted by atomic mass is 16.3. The van der Waals surface area contributed by atoms with Crippen molar-refractivity contribution in [1.29, 1.82) is 0 Å². The van der Waals surface area contributed by atoms with Crippen molar-refractivity contribution in [3.05, 3.63) is 29.3 Å². The smallest absolute Gasteiger partial charge is 0.0606 e. The molecule has 0 aliphatic rings. The highest BCUT2D eigenvalue weighted by molar-refractivity contribution is 5.54. The van der Waals surface area contributed by atoms with E-state index >= 15 is 0 Å². The lowest BCUT2D eigenvalue weighted by molar-refractivity contribution is 0.281. The van der Waals surface area contributed by atoms with Gasteiger partial charge in [-0.15, -0.1) is 0 Å². The van der Waals surface area contributed by atoms with Crippen LogP contribution in [0.25, 0.3) is 0 Å². The van der Waals surface area contributed by atoms with Crippen molar-refractivity contribution in [3.8, 4) is 0 Å². The molecule has 0 spiro atoms. The van der Waals surface area contributed by atoms with Crippen LogP contribution >= 0.6 is 0 Å². The van der Waals surface area contributed by atoms with E-state index < -0.39 is 0 Å². The average molecular weight is 252 g/mol. The van der Waals surface area contributed by atoms with Gasteiger partial charge in [-0.1, -0.05) is 12.1 Å². The van der Waals surface area contributed by atoms with E-state index in [0.29, 0.717) is 19.6 Å². The predicted molar refractivity (Wildman–Crippen MR) is 74.9 cm³/mol. The van der Waals surface area contributed by atoms with Crippen molar-refractivity contribution in [2.45, 2.75) is 19.8 Å². The fourth-order valence-corrected chi connectivity index (χ4v) is 2.13. The number of hydrogen-bond acceptors (Lipinski definition) is 4. The molecule has 1 aromatic rings. The minimum absolute atomic E-state index is 0.0916. The molecule has 4 heteroatoms. The second kappa shape index (κ2) is 8.08. The summed E-state index contributed by atoms with van der Waals surface area (Å²) < 4.78 is 0. The maximum absolute atomic E-state index is 9.05. The SMILES string of the molecule is Cc1cc(CCCN)ccc1N(CCO)CCO. The first-order chi connectivity index (χ1) is 8.72. The van der Waals surface area contributed by atoms with E-state index in [4.69, 9.17) is 15.9 Å². The summed E-state index contributed by atoms with van der Waals surface area (Å²) in [6, 6.07) is 6.32. The van der Waals surface area contributed by atoms with E-state index in [-0.39, 0.29) is 13.2 Å². The summed E-state index contributed by atoms with van der Waals surface area (Å²) in [5.74, 6) is 0. The number of anilines is 1. The van der Waals surface area contributed by atoms with E-state index in [2.05, 4.69) is 25.1 Å². The monoisotopic (exact) mass is 252 g/mol. The molecule has 0 fully saturated rings. The Morgan fingerprint density at radius 1 is 1.17 bits per heavy atom. The molecule has 0 unspecified atom stereocenters. The molecule has 102 valence electrons. The molecular formula is C14H24N2O2. The second-order valence-electron chi connectivity index (χ2n) is 4.45. The molecule has 0 saturated carbocycles. The lowest BCUT2D eigenvalue weighted by Gasteiger charge is -2.25. The first-order valence-electron chi connectivity index (χ1n) is 6.49. The zero-order chi connectivity index (χ0) is 13.4. The normalized spacial score (nSPS) is 10.7. The zero-order valence-corrected chi connectivity index (χ0v) is 11.1. The number of hydrogen-bond donors (Lipinski definition) is 3. The average Bonchev–Trinajstić information content (AvgIpc) is 2.36. The van der Waals surface area contributed by atoms with Crippen LogP contribution in [0.4, 0.5) is 5.69 Å². The van der Waals surface area contributed by atoms with E-state index in [1.807, 2.05) is 4.90 Å². The first kappa shape index (κ1) is 15.0. The third-order valence-corrected chi connectivity index (χ3v) is 3.01. The Hall–Kier alpha value is -1.10. The van der Waals surface area contributed by atoms with Crippen LogP contribution in [0.3, 0.4) is 0 Å². The van der Waals surface area contributed by atoms with Gasteiger partial charge < -0.3 is 20.8 Å². The van der Waals surface area contributed by atoms with Crippen molar-refractivity contribution in [2.75, 3.05) is 37.7 Å². The lowest BCUT2D eigenvalue weighted by Crippen LogP contribution is -2.30. The summed E-state index contributed by atoms with van der Waals surface area (Å²) in [4.78, 5) is 2.00. The summed E-state index contributed by atoms with van der Waals surface area (Å²) in [5, 5.41) is 18.1. The molecule has 4 N–H and O–H groups in total. The van der Waals surface area contributed by atoms with Gasteiger partial charge in [-0.25, -0.2) is 0 Å². The molecule has 1 rings (SSSR count). The standard InChI is InChI=1S/C14H24N2O2/c1-12-11-13(3-2-6-15)4-5-14(12)16(7-9-17)8-10-18/h4-5,11,17-18H,2-3,6-10,15H2,1H3. The number of aliphatic hydroxyl groups excluding tert-OH is 2. The van der Waals surface area contributed by atoms with Crippen molar-refractivity contribution in [1.82, 2.24) is 0 Å². The van der Waals surface area contributed by atoms with Gasteiger partial charge in [0.25, 0.3) is 0 Å². The largest absolute Gasteiger partial charge is 0.395 e. The first-order valence-corrected chi connectivity index (χ1v) is 6.49. The van der Waals surface area contributed by atoms with Crippen molar-refractivity contribution >= 4 is 5.69 Å². The number of nitrogens with two attached hydrogens (primary N) is 1. The van der Waals surface area contributed by atoms with Crippen LogP contribution in [-0.2, 0) is 6.42 Å². The number of nitrogens with zero attached hydrogens (tertiary/aromatic N) is 1. The van der Waals surface area contributed by atoms with Crippen molar-refractivity contribution in [3.63, 3.8) is 0 Å². The third kappa shape index (κ3) is 4.29. The number of benzene rings is 1.